The highest BCUT2D eigenvalue weighted by Gasteiger charge is 2.29. The van der Waals surface area contributed by atoms with Crippen LogP contribution in [0.3, 0.4) is 0 Å². The summed E-state index contributed by atoms with van der Waals surface area (Å²) >= 11 is 0. The smallest absolute Gasteiger partial charge is 0.264 e. The molecule has 0 heterocycles. The van der Waals surface area contributed by atoms with Gasteiger partial charge < -0.3 is 10.1 Å². The Morgan fingerprint density at radius 3 is 2.21 bits per heavy atom. The fourth-order valence-electron chi connectivity index (χ4n) is 2.68. The van der Waals surface area contributed by atoms with Crippen LogP contribution in [0.2, 0.25) is 0 Å². The topological polar surface area (TPSA) is 75.7 Å². The Morgan fingerprint density at radius 1 is 0.966 bits per heavy atom. The fourth-order valence-corrected chi connectivity index (χ4v) is 4.13. The molecule has 0 saturated heterocycles. The molecule has 1 amide bonds. The molecule has 1 N–H and O–H groups in total. The first-order chi connectivity index (χ1) is 13.9. The van der Waals surface area contributed by atoms with Crippen LogP contribution in [0, 0.1) is 5.82 Å². The largest absolute Gasteiger partial charge is 0.497 e. The van der Waals surface area contributed by atoms with Crippen molar-refractivity contribution in [1.29, 1.82) is 0 Å². The van der Waals surface area contributed by atoms with E-state index < -0.39 is 28.3 Å². The van der Waals surface area contributed by atoms with E-state index in [1.54, 1.807) is 42.5 Å². The molecule has 0 unspecified atom stereocenters. The second-order valence-corrected chi connectivity index (χ2v) is 7.92. The molecule has 0 spiro atoms. The number of carbonyl (C=O) groups excluding carboxylic acids is 1. The lowest BCUT2D eigenvalue weighted by molar-refractivity contribution is -0.114. The summed E-state index contributed by atoms with van der Waals surface area (Å²) in [4.78, 5) is 12.5. The maximum Gasteiger partial charge on any atom is 0.264 e. The maximum atomic E-state index is 14.4. The minimum absolute atomic E-state index is 0.0412. The van der Waals surface area contributed by atoms with Crippen molar-refractivity contribution in [2.45, 2.75) is 4.90 Å². The van der Waals surface area contributed by atoms with Crippen LogP contribution in [0.15, 0.2) is 83.8 Å². The van der Waals surface area contributed by atoms with E-state index in [0.717, 1.165) is 10.4 Å². The molecule has 0 bridgehead atoms. The highest BCUT2D eigenvalue weighted by molar-refractivity contribution is 7.92. The van der Waals surface area contributed by atoms with Gasteiger partial charge in [0.15, 0.2) is 0 Å². The molecule has 3 aromatic carbocycles. The Hall–Kier alpha value is -3.39. The molecule has 0 fully saturated rings. The van der Waals surface area contributed by atoms with E-state index in [4.69, 9.17) is 4.74 Å². The fraction of sp³-hybridized carbons (Fsp3) is 0.0952. The van der Waals surface area contributed by atoms with E-state index in [9.17, 15) is 17.6 Å². The van der Waals surface area contributed by atoms with Gasteiger partial charge in [0.05, 0.1) is 17.7 Å². The van der Waals surface area contributed by atoms with Crippen LogP contribution >= 0.6 is 0 Å². The van der Waals surface area contributed by atoms with E-state index in [2.05, 4.69) is 5.32 Å². The Labute approximate surface area is 168 Å². The van der Waals surface area contributed by atoms with Gasteiger partial charge in [-0.25, -0.2) is 12.8 Å². The van der Waals surface area contributed by atoms with E-state index >= 15 is 0 Å². The van der Waals surface area contributed by atoms with Gasteiger partial charge in [-0.2, -0.15) is 0 Å². The number of sulfonamides is 1. The van der Waals surface area contributed by atoms with Crippen molar-refractivity contribution in [3.05, 3.63) is 84.7 Å². The van der Waals surface area contributed by atoms with Crippen molar-refractivity contribution in [2.24, 2.45) is 0 Å². The zero-order valence-corrected chi connectivity index (χ0v) is 16.4. The molecule has 3 rings (SSSR count). The van der Waals surface area contributed by atoms with Gasteiger partial charge in [0.1, 0.15) is 18.1 Å². The number of halogens is 1. The molecule has 0 aliphatic heterocycles. The number of benzene rings is 3. The van der Waals surface area contributed by atoms with Gasteiger partial charge in [0, 0.05) is 5.69 Å². The first-order valence-corrected chi connectivity index (χ1v) is 10.1. The highest BCUT2D eigenvalue weighted by atomic mass is 32.2. The zero-order valence-electron chi connectivity index (χ0n) is 15.6. The molecule has 0 aliphatic rings. The monoisotopic (exact) mass is 414 g/mol. The minimum atomic E-state index is -4.16. The highest BCUT2D eigenvalue weighted by Crippen LogP contribution is 2.26. The molecular weight excluding hydrogens is 395 g/mol. The molecule has 0 atom stereocenters. The van der Waals surface area contributed by atoms with Gasteiger partial charge in [-0.05, 0) is 48.5 Å². The lowest BCUT2D eigenvalue weighted by atomic mass is 10.3. The van der Waals surface area contributed by atoms with Crippen molar-refractivity contribution in [3.63, 3.8) is 0 Å². The number of hydrogen-bond donors (Lipinski definition) is 1. The van der Waals surface area contributed by atoms with Gasteiger partial charge >= 0.3 is 0 Å². The summed E-state index contributed by atoms with van der Waals surface area (Å²) < 4.78 is 46.5. The molecular formula is C21H19FN2O4S. The normalized spacial score (nSPS) is 11.0. The number of methoxy groups -OCH3 is 1. The third kappa shape index (κ3) is 4.72. The van der Waals surface area contributed by atoms with E-state index in [-0.39, 0.29) is 10.6 Å². The average molecular weight is 414 g/mol. The molecule has 3 aromatic rings. The number of hydrogen-bond acceptors (Lipinski definition) is 4. The SMILES string of the molecule is COc1ccc(NC(=O)CN(c2ccccc2F)S(=O)(=O)c2ccccc2)cc1. The number of para-hydroxylation sites is 1. The first-order valence-electron chi connectivity index (χ1n) is 8.68. The molecule has 8 heteroatoms. The molecule has 29 heavy (non-hydrogen) atoms. The average Bonchev–Trinajstić information content (AvgIpc) is 2.74. The van der Waals surface area contributed by atoms with Gasteiger partial charge in [-0.1, -0.05) is 30.3 Å². The molecule has 6 nitrogen and oxygen atoms in total. The quantitative estimate of drug-likeness (QED) is 0.640. The number of anilines is 2. The summed E-state index contributed by atoms with van der Waals surface area (Å²) in [6.07, 6.45) is 0. The third-order valence-electron chi connectivity index (χ3n) is 4.11. The predicted octanol–water partition coefficient (Wildman–Crippen LogP) is 3.67. The Balaban J connectivity index is 1.91. The van der Waals surface area contributed by atoms with Gasteiger partial charge in [-0.3, -0.25) is 9.10 Å². The third-order valence-corrected chi connectivity index (χ3v) is 5.89. The second kappa shape index (κ2) is 8.74. The van der Waals surface area contributed by atoms with Crippen molar-refractivity contribution in [1.82, 2.24) is 0 Å². The Morgan fingerprint density at radius 2 is 1.59 bits per heavy atom. The van der Waals surface area contributed by atoms with Crippen molar-refractivity contribution < 1.29 is 22.3 Å². The van der Waals surface area contributed by atoms with E-state index in [1.807, 2.05) is 0 Å². The summed E-state index contributed by atoms with van der Waals surface area (Å²) in [5, 5.41) is 2.61. The van der Waals surface area contributed by atoms with Crippen LogP contribution in [0.25, 0.3) is 0 Å². The standard InChI is InChI=1S/C21H19FN2O4S/c1-28-17-13-11-16(12-14-17)23-21(25)15-24(20-10-6-5-9-19(20)22)29(26,27)18-7-3-2-4-8-18/h2-14H,15H2,1H3,(H,23,25). The lowest BCUT2D eigenvalue weighted by Crippen LogP contribution is -2.38. The van der Waals surface area contributed by atoms with Crippen LogP contribution in [-0.4, -0.2) is 28.0 Å². The van der Waals surface area contributed by atoms with Crippen molar-refractivity contribution >= 4 is 27.3 Å². The van der Waals surface area contributed by atoms with E-state index in [1.165, 1.54) is 37.4 Å². The van der Waals surface area contributed by atoms with Crippen LogP contribution < -0.4 is 14.4 Å². The second-order valence-electron chi connectivity index (χ2n) is 6.05. The number of nitrogens with zero attached hydrogens (tertiary/aromatic N) is 1. The molecule has 0 saturated carbocycles. The zero-order chi connectivity index (χ0) is 20.9. The minimum Gasteiger partial charge on any atom is -0.497 e. The summed E-state index contributed by atoms with van der Waals surface area (Å²) in [5.74, 6) is -0.746. The van der Waals surface area contributed by atoms with Crippen LogP contribution in [0.5, 0.6) is 5.75 Å². The van der Waals surface area contributed by atoms with Gasteiger partial charge in [-0.15, -0.1) is 0 Å². The summed E-state index contributed by atoms with van der Waals surface area (Å²) in [6.45, 7) is -0.593. The number of amides is 1. The number of ether oxygens (including phenoxy) is 1. The van der Waals surface area contributed by atoms with E-state index in [0.29, 0.717) is 11.4 Å². The van der Waals surface area contributed by atoms with Gasteiger partial charge in [0.25, 0.3) is 10.0 Å². The Bertz CT molecular complexity index is 1090. The van der Waals surface area contributed by atoms with Crippen molar-refractivity contribution in [2.75, 3.05) is 23.3 Å². The molecule has 150 valence electrons. The first kappa shape index (κ1) is 20.3. The lowest BCUT2D eigenvalue weighted by Gasteiger charge is -2.24. The van der Waals surface area contributed by atoms with Crippen LogP contribution in [-0.2, 0) is 14.8 Å². The molecule has 0 aromatic heterocycles. The maximum absolute atomic E-state index is 14.4. The summed E-state index contributed by atoms with van der Waals surface area (Å²) in [6, 6.07) is 19.5. The van der Waals surface area contributed by atoms with Crippen LogP contribution in [0.1, 0.15) is 0 Å². The van der Waals surface area contributed by atoms with Crippen molar-refractivity contribution in [3.8, 4) is 5.75 Å². The summed E-state index contributed by atoms with van der Waals surface area (Å²) in [5.41, 5.74) is 0.252. The number of nitrogens with one attached hydrogen (secondary N) is 1. The predicted molar refractivity (Wildman–Crippen MR) is 109 cm³/mol. The number of carbonyl (C=O) groups is 1. The number of rotatable bonds is 7. The van der Waals surface area contributed by atoms with Gasteiger partial charge in [0.2, 0.25) is 5.91 Å². The molecule has 0 aliphatic carbocycles. The Kier molecular flexibility index (Phi) is 6.13. The molecule has 0 radical (unpaired) electrons. The van der Waals surface area contributed by atoms with Crippen LogP contribution in [0.4, 0.5) is 15.8 Å². The summed E-state index contributed by atoms with van der Waals surface area (Å²) in [7, 11) is -2.64.